The van der Waals surface area contributed by atoms with E-state index in [4.69, 9.17) is 29.0 Å². The number of carbonyl (C=O) groups excluding carboxylic acids is 3. The first-order chi connectivity index (χ1) is 27.8. The Hall–Kier alpha value is -6.53. The van der Waals surface area contributed by atoms with Crippen molar-refractivity contribution < 1.29 is 37.8 Å². The second kappa shape index (κ2) is 17.7. The van der Waals surface area contributed by atoms with E-state index in [1.165, 1.54) is 12.1 Å². The molecule has 18 heteroatoms. The number of primary amides is 1. The van der Waals surface area contributed by atoms with Crippen molar-refractivity contribution in [3.8, 4) is 11.5 Å². The maximum Gasteiger partial charge on any atom is 0.295 e. The number of hydrogen-bond acceptors (Lipinski definition) is 13. The molecular formula is C40H48N10O8. The summed E-state index contributed by atoms with van der Waals surface area (Å²) in [7, 11) is 5.52. The number of aryl methyl sites for hydroxylation is 4. The fourth-order valence-corrected chi connectivity index (χ4v) is 6.62. The number of aliphatic hydroxyl groups is 1. The van der Waals surface area contributed by atoms with Crippen LogP contribution in [-0.4, -0.2) is 91.2 Å². The number of nitrogens with two attached hydrogens (primary N) is 1. The number of fused-ring (bicyclic) bond motifs is 2. The second-order valence-corrected chi connectivity index (χ2v) is 13.7. The summed E-state index contributed by atoms with van der Waals surface area (Å²) in [6.45, 7) is 8.16. The Morgan fingerprint density at radius 3 is 1.84 bits per heavy atom. The predicted molar refractivity (Wildman–Crippen MR) is 215 cm³/mol. The molecule has 0 atom stereocenters. The molecule has 0 spiro atoms. The van der Waals surface area contributed by atoms with E-state index in [1.54, 1.807) is 25.5 Å². The van der Waals surface area contributed by atoms with E-state index >= 15 is 0 Å². The molecule has 0 aliphatic carbocycles. The molecule has 0 saturated carbocycles. The smallest absolute Gasteiger partial charge is 0.295 e. The van der Waals surface area contributed by atoms with Gasteiger partial charge in [0.15, 0.2) is 11.8 Å². The Kier molecular flexibility index (Phi) is 12.6. The number of nitrogens with zero attached hydrogens (tertiary/aromatic N) is 7. The molecule has 4 aromatic heterocycles. The molecule has 0 saturated heterocycles. The number of aromatic nitrogens is 6. The molecule has 306 valence electrons. The number of hydrogen-bond donors (Lipinski definition) is 4. The van der Waals surface area contributed by atoms with Crippen molar-refractivity contribution in [3.05, 3.63) is 82.2 Å². The molecule has 0 fully saturated rings. The lowest BCUT2D eigenvalue weighted by molar-refractivity contribution is 0.0985. The molecule has 0 unspecified atom stereocenters. The summed E-state index contributed by atoms with van der Waals surface area (Å²) in [5.41, 5.74) is 9.88. The minimum Gasteiger partial charge on any atom is -0.494 e. The Morgan fingerprint density at radius 2 is 1.36 bits per heavy atom. The van der Waals surface area contributed by atoms with Gasteiger partial charge >= 0.3 is 0 Å². The number of amides is 3. The summed E-state index contributed by atoms with van der Waals surface area (Å²) in [6, 6.07) is 6.92. The van der Waals surface area contributed by atoms with Gasteiger partial charge in [0.25, 0.3) is 11.8 Å². The number of aliphatic hydroxyl groups excluding tert-OH is 1. The van der Waals surface area contributed by atoms with Crippen molar-refractivity contribution >= 4 is 51.7 Å². The molecule has 0 bridgehead atoms. The van der Waals surface area contributed by atoms with Crippen LogP contribution >= 0.6 is 0 Å². The molecule has 5 N–H and O–H groups in total. The first-order valence-corrected chi connectivity index (χ1v) is 18.8. The Bertz CT molecular complexity index is 2510. The molecule has 58 heavy (non-hydrogen) atoms. The number of anilines is 2. The zero-order valence-electron chi connectivity index (χ0n) is 33.6. The number of oxazole rings is 2. The van der Waals surface area contributed by atoms with Gasteiger partial charge in [-0.05, 0) is 56.8 Å². The summed E-state index contributed by atoms with van der Waals surface area (Å²) in [4.78, 5) is 59.8. The van der Waals surface area contributed by atoms with Crippen molar-refractivity contribution in [2.45, 2.75) is 66.6 Å². The van der Waals surface area contributed by atoms with Crippen LogP contribution in [0.1, 0.15) is 80.5 Å². The maximum absolute atomic E-state index is 13.6. The average molecular weight is 797 g/mol. The molecule has 6 rings (SSSR count). The number of carbonyl (C=O) groups is 3. The molecule has 18 nitrogen and oxygen atoms in total. The van der Waals surface area contributed by atoms with Crippen molar-refractivity contribution in [3.63, 3.8) is 0 Å². The molecule has 3 amide bonds. The largest absolute Gasteiger partial charge is 0.494 e. The predicted octanol–water partition coefficient (Wildman–Crippen LogP) is 4.79. The van der Waals surface area contributed by atoms with Gasteiger partial charge in [0.2, 0.25) is 29.3 Å². The Balaban J connectivity index is 1.41. The lowest BCUT2D eigenvalue weighted by Gasteiger charge is -2.13. The summed E-state index contributed by atoms with van der Waals surface area (Å²) in [5.74, 6) is 0.393. The zero-order chi connectivity index (χ0) is 41.7. The van der Waals surface area contributed by atoms with Crippen LogP contribution in [0.25, 0.3) is 22.1 Å². The van der Waals surface area contributed by atoms with Gasteiger partial charge in [-0.3, -0.25) is 25.0 Å². The number of imidazole rings is 2. The van der Waals surface area contributed by atoms with Gasteiger partial charge in [0.05, 0.1) is 36.1 Å². The second-order valence-electron chi connectivity index (χ2n) is 13.7. The van der Waals surface area contributed by atoms with Crippen LogP contribution in [0.5, 0.6) is 11.5 Å². The SMILES string of the molecule is CCc1nc(C)oc1C(=O)Nc1nc2cc(CN(C)C)cc(OC)c2n1C/C=C/Cn1c(NC(=O)c2oc(C)nc2CC)nc2cc(C(N)=O)cc(OCCCO)c21. The van der Waals surface area contributed by atoms with Gasteiger partial charge < -0.3 is 43.2 Å². The normalized spacial score (nSPS) is 11.7. The number of methoxy groups -OCH3 is 1. The minimum atomic E-state index is -0.692. The monoisotopic (exact) mass is 796 g/mol. The van der Waals surface area contributed by atoms with Crippen molar-refractivity contribution in [1.29, 1.82) is 0 Å². The van der Waals surface area contributed by atoms with Crippen molar-refractivity contribution in [1.82, 2.24) is 34.0 Å². The lowest BCUT2D eigenvalue weighted by atomic mass is 10.1. The van der Waals surface area contributed by atoms with Crippen LogP contribution in [0, 0.1) is 13.8 Å². The van der Waals surface area contributed by atoms with E-state index in [2.05, 4.69) is 25.6 Å². The number of ether oxygens (including phenoxy) is 2. The highest BCUT2D eigenvalue weighted by molar-refractivity contribution is 6.04. The average Bonchev–Trinajstić information content (AvgIpc) is 3.95. The number of benzene rings is 2. The Labute approximate surface area is 334 Å². The molecular weight excluding hydrogens is 749 g/mol. The molecule has 0 aliphatic heterocycles. The minimum absolute atomic E-state index is 0.0576. The number of nitrogens with one attached hydrogen (secondary N) is 2. The fraction of sp³-hybridized carbons (Fsp3) is 0.375. The van der Waals surface area contributed by atoms with Gasteiger partial charge in [0, 0.05) is 52.1 Å². The Morgan fingerprint density at radius 1 is 0.828 bits per heavy atom. The van der Waals surface area contributed by atoms with Crippen LogP contribution in [0.2, 0.25) is 0 Å². The summed E-state index contributed by atoms with van der Waals surface area (Å²) in [5, 5.41) is 15.2. The molecule has 6 aromatic rings. The van der Waals surface area contributed by atoms with Crippen LogP contribution < -0.4 is 25.8 Å². The van der Waals surface area contributed by atoms with Crippen LogP contribution in [-0.2, 0) is 32.5 Å². The summed E-state index contributed by atoms with van der Waals surface area (Å²) >= 11 is 0. The third-order valence-electron chi connectivity index (χ3n) is 9.12. The quantitative estimate of drug-likeness (QED) is 0.0678. The molecule has 4 heterocycles. The standard InChI is InChI=1S/C40H48N10O8/c1-8-26-34(57-22(3)42-26)37(53)46-39-44-28-17-24(21-48(5)6)18-30(55-7)32(28)49(39)13-10-11-14-50-33-29(19-25(36(41)52)20-31(33)56-16-12-15-51)45-40(50)47-38(54)35-27(9-2)43-23(4)58-35/h10-11,17-20,51H,8-9,12-16,21H2,1-7H3,(H2,41,52)(H,44,46,53)(H,45,47,54)/b11-10+. The van der Waals surface area contributed by atoms with Gasteiger partial charge in [-0.25, -0.2) is 19.9 Å². The van der Waals surface area contributed by atoms with Crippen LogP contribution in [0.4, 0.5) is 11.9 Å². The van der Waals surface area contributed by atoms with Gasteiger partial charge in [-0.2, -0.15) is 0 Å². The highest BCUT2D eigenvalue weighted by atomic mass is 16.5. The van der Waals surface area contributed by atoms with Crippen molar-refractivity contribution in [2.24, 2.45) is 5.73 Å². The highest BCUT2D eigenvalue weighted by Gasteiger charge is 2.25. The summed E-state index contributed by atoms with van der Waals surface area (Å²) in [6.07, 6.45) is 5.03. The van der Waals surface area contributed by atoms with Crippen molar-refractivity contribution in [2.75, 3.05) is 45.1 Å². The van der Waals surface area contributed by atoms with Crippen LogP contribution in [0.15, 0.2) is 45.3 Å². The van der Waals surface area contributed by atoms with E-state index in [0.29, 0.717) is 76.8 Å². The molecule has 0 aliphatic rings. The highest BCUT2D eigenvalue weighted by Crippen LogP contribution is 2.33. The summed E-state index contributed by atoms with van der Waals surface area (Å²) < 4.78 is 26.8. The first-order valence-electron chi connectivity index (χ1n) is 18.8. The molecule has 0 radical (unpaired) electrons. The zero-order valence-corrected chi connectivity index (χ0v) is 33.6. The van der Waals surface area contributed by atoms with E-state index in [9.17, 15) is 19.5 Å². The number of rotatable bonds is 18. The van der Waals surface area contributed by atoms with E-state index in [0.717, 1.165) is 5.56 Å². The van der Waals surface area contributed by atoms with Gasteiger partial charge in [-0.15, -0.1) is 0 Å². The van der Waals surface area contributed by atoms with E-state index in [-0.39, 0.29) is 61.0 Å². The third kappa shape index (κ3) is 8.72. The van der Waals surface area contributed by atoms with E-state index < -0.39 is 17.7 Å². The van der Waals surface area contributed by atoms with Gasteiger partial charge in [-0.1, -0.05) is 26.0 Å². The fourth-order valence-electron chi connectivity index (χ4n) is 6.62. The molecule has 2 aromatic carbocycles. The maximum atomic E-state index is 13.6. The number of allylic oxidation sites excluding steroid dienone is 2. The first kappa shape index (κ1) is 41.1. The lowest BCUT2D eigenvalue weighted by Crippen LogP contribution is -2.17. The topological polar surface area (TPSA) is 231 Å². The third-order valence-corrected chi connectivity index (χ3v) is 9.12. The van der Waals surface area contributed by atoms with E-state index in [1.807, 2.05) is 61.7 Å². The van der Waals surface area contributed by atoms with Crippen LogP contribution in [0.3, 0.4) is 0 Å². The van der Waals surface area contributed by atoms with Gasteiger partial charge in [0.1, 0.15) is 22.5 Å².